The van der Waals surface area contributed by atoms with E-state index in [2.05, 4.69) is 87.3 Å². The Balaban J connectivity index is 2.04. The smallest absolute Gasteiger partial charge is 0.0544 e. The third-order valence-electron chi connectivity index (χ3n) is 5.34. The van der Waals surface area contributed by atoms with Crippen molar-refractivity contribution in [2.24, 2.45) is 0 Å². The predicted molar refractivity (Wildman–Crippen MR) is 114 cm³/mol. The van der Waals surface area contributed by atoms with Gasteiger partial charge < -0.3 is 10.7 Å². The van der Waals surface area contributed by atoms with Gasteiger partial charge in [-0.05, 0) is 46.7 Å². The number of nitrogens with two attached hydrogens (primary N) is 1. The van der Waals surface area contributed by atoms with Crippen LogP contribution in [0.3, 0.4) is 0 Å². The van der Waals surface area contributed by atoms with Gasteiger partial charge in [0.25, 0.3) is 0 Å². The first kappa shape index (κ1) is 16.7. The third kappa shape index (κ3) is 2.57. The normalized spacial score (nSPS) is 11.9. The molecule has 0 spiro atoms. The van der Waals surface area contributed by atoms with Gasteiger partial charge in [-0.2, -0.15) is 0 Å². The Morgan fingerprint density at radius 1 is 0.769 bits per heavy atom. The summed E-state index contributed by atoms with van der Waals surface area (Å²) in [6.45, 7) is 8.85. The molecule has 0 radical (unpaired) electrons. The van der Waals surface area contributed by atoms with E-state index in [1.807, 2.05) is 0 Å². The number of benzene rings is 3. The SMILES string of the molecule is CC(C)c1cc(-c2cccc3c2[nH]c2ccccc23)cc(C(C)C)c1N. The van der Waals surface area contributed by atoms with E-state index < -0.39 is 0 Å². The van der Waals surface area contributed by atoms with Gasteiger partial charge in [-0.3, -0.25) is 0 Å². The predicted octanol–water partition coefficient (Wildman–Crippen LogP) is 6.82. The molecule has 3 aromatic carbocycles. The first-order valence-electron chi connectivity index (χ1n) is 9.40. The molecule has 1 aromatic heterocycles. The minimum absolute atomic E-state index is 0.398. The van der Waals surface area contributed by atoms with Gasteiger partial charge in [0, 0.05) is 27.5 Å². The summed E-state index contributed by atoms with van der Waals surface area (Å²) in [4.78, 5) is 3.63. The van der Waals surface area contributed by atoms with Crippen molar-refractivity contribution in [3.05, 3.63) is 65.7 Å². The van der Waals surface area contributed by atoms with Crippen molar-refractivity contribution in [1.82, 2.24) is 4.98 Å². The Morgan fingerprint density at radius 3 is 2.04 bits per heavy atom. The molecule has 2 heteroatoms. The average Bonchev–Trinajstić information content (AvgIpc) is 3.00. The monoisotopic (exact) mass is 342 g/mol. The fourth-order valence-electron chi connectivity index (χ4n) is 3.92. The number of rotatable bonds is 3. The summed E-state index contributed by atoms with van der Waals surface area (Å²) in [6, 6.07) is 19.6. The number of fused-ring (bicyclic) bond motifs is 3. The number of hydrogen-bond donors (Lipinski definition) is 2. The molecule has 3 N–H and O–H groups in total. The Hall–Kier alpha value is -2.74. The molecule has 2 nitrogen and oxygen atoms in total. The number of aromatic nitrogens is 1. The van der Waals surface area contributed by atoms with Crippen LogP contribution in [0.15, 0.2) is 54.6 Å². The van der Waals surface area contributed by atoms with E-state index in [-0.39, 0.29) is 0 Å². The van der Waals surface area contributed by atoms with Crippen LogP contribution in [0, 0.1) is 0 Å². The minimum Gasteiger partial charge on any atom is -0.398 e. The molecule has 4 aromatic rings. The fourth-order valence-corrected chi connectivity index (χ4v) is 3.92. The maximum absolute atomic E-state index is 6.50. The maximum atomic E-state index is 6.50. The highest BCUT2D eigenvalue weighted by Gasteiger charge is 2.16. The summed E-state index contributed by atoms with van der Waals surface area (Å²) in [5.41, 5.74) is 14.8. The molecular formula is C24H26N2. The molecule has 0 aliphatic rings. The van der Waals surface area contributed by atoms with Crippen LogP contribution < -0.4 is 5.73 Å². The van der Waals surface area contributed by atoms with Crippen molar-refractivity contribution in [3.8, 4) is 11.1 Å². The van der Waals surface area contributed by atoms with Crippen LogP contribution in [0.25, 0.3) is 32.9 Å². The quantitative estimate of drug-likeness (QED) is 0.394. The highest BCUT2D eigenvalue weighted by atomic mass is 14.7. The molecular weight excluding hydrogens is 316 g/mol. The Bertz CT molecular complexity index is 1070. The van der Waals surface area contributed by atoms with Gasteiger partial charge in [0.15, 0.2) is 0 Å². The minimum atomic E-state index is 0.398. The lowest BCUT2D eigenvalue weighted by Gasteiger charge is -2.19. The van der Waals surface area contributed by atoms with Crippen LogP contribution in [0.5, 0.6) is 0 Å². The summed E-state index contributed by atoms with van der Waals surface area (Å²) in [6.07, 6.45) is 0. The van der Waals surface area contributed by atoms with Gasteiger partial charge >= 0.3 is 0 Å². The molecule has 0 fully saturated rings. The maximum Gasteiger partial charge on any atom is 0.0544 e. The standard InChI is InChI=1S/C24H26N2/c1-14(2)20-12-16(13-21(15(3)4)23(20)25)17-9-7-10-19-18-8-5-6-11-22(18)26-24(17)19/h5-15,26H,25H2,1-4H3. The van der Waals surface area contributed by atoms with E-state index in [9.17, 15) is 0 Å². The van der Waals surface area contributed by atoms with Crippen LogP contribution in [-0.4, -0.2) is 4.98 Å². The first-order valence-corrected chi connectivity index (χ1v) is 9.40. The zero-order chi connectivity index (χ0) is 18.4. The lowest BCUT2D eigenvalue weighted by atomic mass is 9.88. The van der Waals surface area contributed by atoms with Crippen LogP contribution in [0.4, 0.5) is 5.69 Å². The fraction of sp³-hybridized carbons (Fsp3) is 0.250. The Kier molecular flexibility index (Phi) is 3.99. The van der Waals surface area contributed by atoms with Gasteiger partial charge in [0.1, 0.15) is 0 Å². The molecule has 0 amide bonds. The number of aromatic amines is 1. The second-order valence-corrected chi connectivity index (χ2v) is 7.78. The summed E-state index contributed by atoms with van der Waals surface area (Å²) >= 11 is 0. The second kappa shape index (κ2) is 6.21. The van der Waals surface area contributed by atoms with Crippen molar-refractivity contribution in [2.45, 2.75) is 39.5 Å². The lowest BCUT2D eigenvalue weighted by molar-refractivity contribution is 0.840. The molecule has 26 heavy (non-hydrogen) atoms. The van der Waals surface area contributed by atoms with Gasteiger partial charge in [0.05, 0.1) is 5.52 Å². The summed E-state index contributed by atoms with van der Waals surface area (Å²) in [7, 11) is 0. The van der Waals surface area contributed by atoms with Crippen molar-refractivity contribution in [1.29, 1.82) is 0 Å². The summed E-state index contributed by atoms with van der Waals surface area (Å²) < 4.78 is 0. The number of anilines is 1. The largest absolute Gasteiger partial charge is 0.398 e. The van der Waals surface area contributed by atoms with Crippen LogP contribution >= 0.6 is 0 Å². The molecule has 0 unspecified atom stereocenters. The molecule has 0 atom stereocenters. The van der Waals surface area contributed by atoms with Gasteiger partial charge in [0.2, 0.25) is 0 Å². The van der Waals surface area contributed by atoms with E-state index in [0.717, 1.165) is 5.69 Å². The van der Waals surface area contributed by atoms with E-state index in [1.165, 1.54) is 44.1 Å². The van der Waals surface area contributed by atoms with Gasteiger partial charge in [-0.25, -0.2) is 0 Å². The van der Waals surface area contributed by atoms with E-state index in [1.54, 1.807) is 0 Å². The summed E-state index contributed by atoms with van der Waals surface area (Å²) in [5.74, 6) is 0.795. The number of nitrogens with one attached hydrogen (secondary N) is 1. The van der Waals surface area contributed by atoms with Crippen molar-refractivity contribution in [2.75, 3.05) is 5.73 Å². The third-order valence-corrected chi connectivity index (χ3v) is 5.34. The molecule has 0 saturated carbocycles. The first-order chi connectivity index (χ1) is 12.5. The number of H-pyrrole nitrogens is 1. The van der Waals surface area contributed by atoms with E-state index in [0.29, 0.717) is 11.8 Å². The Labute approximate surface area is 155 Å². The molecule has 4 rings (SSSR count). The molecule has 1 heterocycles. The lowest BCUT2D eigenvalue weighted by Crippen LogP contribution is -2.04. The van der Waals surface area contributed by atoms with Crippen LogP contribution in [-0.2, 0) is 0 Å². The number of para-hydroxylation sites is 2. The van der Waals surface area contributed by atoms with Crippen molar-refractivity contribution in [3.63, 3.8) is 0 Å². The number of nitrogen functional groups attached to an aromatic ring is 1. The summed E-state index contributed by atoms with van der Waals surface area (Å²) in [5, 5.41) is 2.54. The van der Waals surface area contributed by atoms with Crippen LogP contribution in [0.1, 0.15) is 50.7 Å². The molecule has 132 valence electrons. The van der Waals surface area contributed by atoms with Gasteiger partial charge in [-0.1, -0.05) is 64.1 Å². The molecule has 0 aliphatic carbocycles. The van der Waals surface area contributed by atoms with Crippen LogP contribution in [0.2, 0.25) is 0 Å². The highest BCUT2D eigenvalue weighted by Crippen LogP contribution is 2.38. The van der Waals surface area contributed by atoms with E-state index >= 15 is 0 Å². The Morgan fingerprint density at radius 2 is 1.38 bits per heavy atom. The van der Waals surface area contributed by atoms with Crippen molar-refractivity contribution < 1.29 is 0 Å². The average molecular weight is 342 g/mol. The second-order valence-electron chi connectivity index (χ2n) is 7.78. The topological polar surface area (TPSA) is 41.8 Å². The van der Waals surface area contributed by atoms with Crippen molar-refractivity contribution >= 4 is 27.5 Å². The van der Waals surface area contributed by atoms with Gasteiger partial charge in [-0.15, -0.1) is 0 Å². The molecule has 0 saturated heterocycles. The molecule has 0 aliphatic heterocycles. The zero-order valence-electron chi connectivity index (χ0n) is 15.9. The number of hydrogen-bond acceptors (Lipinski definition) is 1. The van der Waals surface area contributed by atoms with E-state index in [4.69, 9.17) is 5.73 Å². The highest BCUT2D eigenvalue weighted by molar-refractivity contribution is 6.11. The zero-order valence-corrected chi connectivity index (χ0v) is 15.9. The molecule has 0 bridgehead atoms.